The summed E-state index contributed by atoms with van der Waals surface area (Å²) in [6, 6.07) is 14.6. The third kappa shape index (κ3) is 4.12. The zero-order valence-corrected chi connectivity index (χ0v) is 17.1. The van der Waals surface area contributed by atoms with Gasteiger partial charge in [-0.15, -0.1) is 0 Å². The second kappa shape index (κ2) is 8.28. The standard InChI is InChI=1S/C22H23N5O3/c1-14-18(15(2)27(3)26-14)12-23-22(24-17-7-5-4-6-8-17)25-21(28)16-9-10-19-20(11-16)30-13-29-19/h4-11H,12-13H2,1-3H3,(H2,23,24,25,28). The normalized spacial score (nSPS) is 12.7. The number of aliphatic imine (C=N–C) groups is 1. The molecule has 0 radical (unpaired) electrons. The van der Waals surface area contributed by atoms with Gasteiger partial charge in [-0.05, 0) is 44.2 Å². The number of guanidine groups is 1. The Morgan fingerprint density at radius 3 is 2.63 bits per heavy atom. The van der Waals surface area contributed by atoms with Gasteiger partial charge in [0.15, 0.2) is 11.5 Å². The third-order valence-electron chi connectivity index (χ3n) is 4.96. The third-order valence-corrected chi connectivity index (χ3v) is 4.96. The molecular weight excluding hydrogens is 382 g/mol. The number of nitrogens with zero attached hydrogens (tertiary/aromatic N) is 3. The molecule has 0 spiro atoms. The number of aryl methyl sites for hydroxylation is 2. The van der Waals surface area contributed by atoms with Crippen molar-refractivity contribution in [3.63, 3.8) is 0 Å². The molecule has 1 aliphatic rings. The highest BCUT2D eigenvalue weighted by Gasteiger charge is 2.17. The van der Waals surface area contributed by atoms with Gasteiger partial charge in [0.2, 0.25) is 12.8 Å². The quantitative estimate of drug-likeness (QED) is 0.514. The van der Waals surface area contributed by atoms with Crippen molar-refractivity contribution in [1.29, 1.82) is 0 Å². The first-order chi connectivity index (χ1) is 14.5. The van der Waals surface area contributed by atoms with E-state index in [9.17, 15) is 4.79 Å². The van der Waals surface area contributed by atoms with Gasteiger partial charge in [-0.25, -0.2) is 4.99 Å². The molecular formula is C22H23N5O3. The highest BCUT2D eigenvalue weighted by atomic mass is 16.7. The molecule has 0 unspecified atom stereocenters. The Morgan fingerprint density at radius 2 is 1.90 bits per heavy atom. The van der Waals surface area contributed by atoms with E-state index in [-0.39, 0.29) is 12.7 Å². The number of ether oxygens (including phenoxy) is 2. The van der Waals surface area contributed by atoms with Crippen LogP contribution in [0.2, 0.25) is 0 Å². The topological polar surface area (TPSA) is 89.8 Å². The lowest BCUT2D eigenvalue weighted by atomic mass is 10.2. The van der Waals surface area contributed by atoms with Crippen molar-refractivity contribution in [2.24, 2.45) is 12.0 Å². The zero-order valence-electron chi connectivity index (χ0n) is 17.1. The molecule has 154 valence electrons. The SMILES string of the molecule is Cc1nn(C)c(C)c1CN=C(NC(=O)c1ccc2c(c1)OCO2)Nc1ccccc1. The number of carbonyl (C=O) groups excluding carboxylic acids is 1. The van der Waals surface area contributed by atoms with E-state index in [0.717, 1.165) is 22.6 Å². The molecule has 0 saturated carbocycles. The minimum absolute atomic E-state index is 0.159. The molecule has 8 heteroatoms. The van der Waals surface area contributed by atoms with E-state index in [0.29, 0.717) is 29.6 Å². The maximum absolute atomic E-state index is 12.8. The smallest absolute Gasteiger partial charge is 0.258 e. The van der Waals surface area contributed by atoms with E-state index < -0.39 is 0 Å². The number of nitrogens with one attached hydrogen (secondary N) is 2. The fourth-order valence-electron chi connectivity index (χ4n) is 3.19. The first-order valence-corrected chi connectivity index (χ1v) is 9.58. The lowest BCUT2D eigenvalue weighted by molar-refractivity contribution is 0.0976. The van der Waals surface area contributed by atoms with Crippen LogP contribution in [0.15, 0.2) is 53.5 Å². The van der Waals surface area contributed by atoms with Crippen molar-refractivity contribution < 1.29 is 14.3 Å². The molecule has 1 aromatic heterocycles. The minimum atomic E-state index is -0.296. The molecule has 3 aromatic rings. The van der Waals surface area contributed by atoms with Gasteiger partial charge in [0.1, 0.15) is 0 Å². The molecule has 0 aliphatic carbocycles. The van der Waals surface area contributed by atoms with Crippen LogP contribution >= 0.6 is 0 Å². The molecule has 0 saturated heterocycles. The Hall–Kier alpha value is -3.81. The number of benzene rings is 2. The fourth-order valence-corrected chi connectivity index (χ4v) is 3.19. The van der Waals surface area contributed by atoms with E-state index in [1.807, 2.05) is 55.9 Å². The van der Waals surface area contributed by atoms with Crippen molar-refractivity contribution in [3.8, 4) is 11.5 Å². The van der Waals surface area contributed by atoms with Crippen LogP contribution in [0.1, 0.15) is 27.3 Å². The molecule has 1 amide bonds. The maximum Gasteiger partial charge on any atom is 0.258 e. The second-order valence-corrected chi connectivity index (χ2v) is 6.95. The van der Waals surface area contributed by atoms with E-state index in [4.69, 9.17) is 9.47 Å². The number of carbonyl (C=O) groups is 1. The van der Waals surface area contributed by atoms with Crippen LogP contribution in [0.4, 0.5) is 5.69 Å². The van der Waals surface area contributed by atoms with Gasteiger partial charge in [0, 0.05) is 29.6 Å². The number of rotatable bonds is 4. The van der Waals surface area contributed by atoms with Crippen LogP contribution in [0.5, 0.6) is 11.5 Å². The maximum atomic E-state index is 12.8. The van der Waals surface area contributed by atoms with Crippen LogP contribution in [0.3, 0.4) is 0 Å². The summed E-state index contributed by atoms with van der Waals surface area (Å²) in [6.45, 7) is 4.50. The Balaban J connectivity index is 1.57. The minimum Gasteiger partial charge on any atom is -0.454 e. The first-order valence-electron chi connectivity index (χ1n) is 9.58. The molecule has 2 heterocycles. The van der Waals surface area contributed by atoms with Crippen LogP contribution in [0, 0.1) is 13.8 Å². The number of hydrogen-bond acceptors (Lipinski definition) is 5. The summed E-state index contributed by atoms with van der Waals surface area (Å²) < 4.78 is 12.5. The fraction of sp³-hybridized carbons (Fsp3) is 0.227. The molecule has 2 aromatic carbocycles. The van der Waals surface area contributed by atoms with Crippen molar-refractivity contribution in [2.45, 2.75) is 20.4 Å². The van der Waals surface area contributed by atoms with Crippen LogP contribution < -0.4 is 20.1 Å². The predicted molar refractivity (Wildman–Crippen MR) is 114 cm³/mol. The van der Waals surface area contributed by atoms with Gasteiger partial charge < -0.3 is 14.8 Å². The summed E-state index contributed by atoms with van der Waals surface area (Å²) >= 11 is 0. The monoisotopic (exact) mass is 405 g/mol. The number of hydrogen-bond donors (Lipinski definition) is 2. The summed E-state index contributed by atoms with van der Waals surface area (Å²) in [7, 11) is 1.90. The molecule has 1 aliphatic heterocycles. The van der Waals surface area contributed by atoms with Crippen LogP contribution in [0.25, 0.3) is 0 Å². The average Bonchev–Trinajstić information content (AvgIpc) is 3.30. The Morgan fingerprint density at radius 1 is 1.13 bits per heavy atom. The van der Waals surface area contributed by atoms with Gasteiger partial charge in [-0.2, -0.15) is 5.10 Å². The lowest BCUT2D eigenvalue weighted by Crippen LogP contribution is -2.36. The van der Waals surface area contributed by atoms with Crippen molar-refractivity contribution in [1.82, 2.24) is 15.1 Å². The van der Waals surface area contributed by atoms with E-state index in [1.54, 1.807) is 18.2 Å². The first kappa shape index (κ1) is 19.5. The molecule has 2 N–H and O–H groups in total. The van der Waals surface area contributed by atoms with E-state index >= 15 is 0 Å². The van der Waals surface area contributed by atoms with Crippen molar-refractivity contribution in [2.75, 3.05) is 12.1 Å². The lowest BCUT2D eigenvalue weighted by Gasteiger charge is -2.12. The van der Waals surface area contributed by atoms with Crippen molar-refractivity contribution in [3.05, 3.63) is 71.0 Å². The average molecular weight is 405 g/mol. The molecule has 0 atom stereocenters. The van der Waals surface area contributed by atoms with Gasteiger partial charge >= 0.3 is 0 Å². The van der Waals surface area contributed by atoms with E-state index in [2.05, 4.69) is 20.7 Å². The Bertz CT molecular complexity index is 1110. The number of amides is 1. The number of fused-ring (bicyclic) bond motifs is 1. The van der Waals surface area contributed by atoms with E-state index in [1.165, 1.54) is 0 Å². The summed E-state index contributed by atoms with van der Waals surface area (Å²) in [6.07, 6.45) is 0. The molecule has 30 heavy (non-hydrogen) atoms. The van der Waals surface area contributed by atoms with Crippen molar-refractivity contribution >= 4 is 17.6 Å². The Labute approximate surface area is 174 Å². The number of aromatic nitrogens is 2. The highest BCUT2D eigenvalue weighted by molar-refractivity contribution is 6.10. The highest BCUT2D eigenvalue weighted by Crippen LogP contribution is 2.32. The number of para-hydroxylation sites is 1. The summed E-state index contributed by atoms with van der Waals surface area (Å²) in [5.41, 5.74) is 4.26. The molecule has 4 rings (SSSR count). The zero-order chi connectivity index (χ0) is 21.1. The van der Waals surface area contributed by atoms with Gasteiger partial charge in [0.05, 0.1) is 12.2 Å². The second-order valence-electron chi connectivity index (χ2n) is 6.95. The summed E-state index contributed by atoms with van der Waals surface area (Å²) in [5.74, 6) is 1.24. The van der Waals surface area contributed by atoms with Gasteiger partial charge in [-0.3, -0.25) is 14.8 Å². The molecule has 0 fully saturated rings. The van der Waals surface area contributed by atoms with Gasteiger partial charge in [-0.1, -0.05) is 18.2 Å². The van der Waals surface area contributed by atoms with Crippen LogP contribution in [-0.2, 0) is 13.6 Å². The molecule has 0 bridgehead atoms. The summed E-state index contributed by atoms with van der Waals surface area (Å²) in [5, 5.41) is 10.5. The summed E-state index contributed by atoms with van der Waals surface area (Å²) in [4.78, 5) is 17.5. The number of anilines is 1. The van der Waals surface area contributed by atoms with Crippen LogP contribution in [-0.4, -0.2) is 28.4 Å². The van der Waals surface area contributed by atoms with Gasteiger partial charge in [0.25, 0.3) is 5.91 Å². The largest absolute Gasteiger partial charge is 0.454 e. The predicted octanol–water partition coefficient (Wildman–Crippen LogP) is 3.16. The Kier molecular flexibility index (Phi) is 5.38. The molecule has 8 nitrogen and oxygen atoms in total.